The third-order valence-corrected chi connectivity index (χ3v) is 8.31. The molecule has 9 nitrogen and oxygen atoms in total. The fraction of sp³-hybridized carbons (Fsp3) is 0.304. The Labute approximate surface area is 200 Å². The Bertz CT molecular complexity index is 1390. The molecule has 2 aromatic carbocycles. The van der Waals surface area contributed by atoms with Gasteiger partial charge >= 0.3 is 0 Å². The van der Waals surface area contributed by atoms with Crippen LogP contribution in [-0.4, -0.2) is 29.0 Å². The van der Waals surface area contributed by atoms with Gasteiger partial charge in [0.1, 0.15) is 5.82 Å². The highest BCUT2D eigenvalue weighted by molar-refractivity contribution is 7.90. The highest BCUT2D eigenvalue weighted by atomic mass is 35.5. The number of fused-ring (bicyclic) bond motifs is 1. The van der Waals surface area contributed by atoms with E-state index in [-0.39, 0.29) is 28.9 Å². The van der Waals surface area contributed by atoms with Crippen LogP contribution in [0.1, 0.15) is 42.5 Å². The van der Waals surface area contributed by atoms with Crippen molar-refractivity contribution in [2.75, 3.05) is 5.32 Å². The summed E-state index contributed by atoms with van der Waals surface area (Å²) in [6, 6.07) is 13.0. The van der Waals surface area contributed by atoms with Gasteiger partial charge < -0.3 is 5.32 Å². The van der Waals surface area contributed by atoms with Crippen LogP contribution in [0.25, 0.3) is 5.69 Å². The lowest BCUT2D eigenvalue weighted by atomic mass is 9.78. The van der Waals surface area contributed by atoms with Gasteiger partial charge in [-0.2, -0.15) is 5.10 Å². The molecule has 2 heterocycles. The molecule has 1 aromatic heterocycles. The van der Waals surface area contributed by atoms with E-state index in [1.165, 1.54) is 28.9 Å². The molecule has 34 heavy (non-hydrogen) atoms. The Kier molecular flexibility index (Phi) is 5.44. The number of hydrogen-bond donors (Lipinski definition) is 1. The molecular formula is C23H21ClN4O5S. The van der Waals surface area contributed by atoms with Crippen LogP contribution in [0.5, 0.6) is 0 Å². The summed E-state index contributed by atoms with van der Waals surface area (Å²) in [6.45, 7) is 0. The standard InChI is InChI=1S/C23H21ClN4O5S/c24-16-5-3-15(4-6-16)23(11-1-2-12-23)22(29)25-21-19-13-34(32,33)14-20(19)26-27(21)17-7-9-18(10-8-17)28(30)31/h3-10H,1-2,11-14H2,(H,25,29). The third kappa shape index (κ3) is 3.86. The van der Waals surface area contributed by atoms with Gasteiger partial charge in [-0.05, 0) is 42.7 Å². The van der Waals surface area contributed by atoms with Gasteiger partial charge in [0.15, 0.2) is 9.84 Å². The number of nitro benzene ring substituents is 1. The lowest BCUT2D eigenvalue weighted by molar-refractivity contribution is -0.384. The van der Waals surface area contributed by atoms with Crippen molar-refractivity contribution in [3.8, 4) is 5.69 Å². The first kappa shape index (κ1) is 22.5. The second-order valence-corrected chi connectivity index (χ2v) is 11.2. The first-order valence-corrected chi connectivity index (χ1v) is 13.0. The first-order valence-electron chi connectivity index (χ1n) is 10.8. The zero-order valence-electron chi connectivity index (χ0n) is 18.0. The van der Waals surface area contributed by atoms with E-state index in [0.717, 1.165) is 18.4 Å². The monoisotopic (exact) mass is 500 g/mol. The number of anilines is 1. The fourth-order valence-electron chi connectivity index (χ4n) is 4.89. The van der Waals surface area contributed by atoms with E-state index in [4.69, 9.17) is 11.6 Å². The average molecular weight is 501 g/mol. The van der Waals surface area contributed by atoms with Gasteiger partial charge in [0, 0.05) is 22.7 Å². The number of benzene rings is 2. The molecule has 1 saturated carbocycles. The predicted octanol–water partition coefficient (Wildman–Crippen LogP) is 4.31. The van der Waals surface area contributed by atoms with Crippen molar-refractivity contribution in [3.05, 3.63) is 80.5 Å². The Morgan fingerprint density at radius 1 is 1.06 bits per heavy atom. The van der Waals surface area contributed by atoms with Crippen LogP contribution >= 0.6 is 11.6 Å². The molecule has 3 aromatic rings. The van der Waals surface area contributed by atoms with Crippen molar-refractivity contribution in [2.24, 2.45) is 0 Å². The quantitative estimate of drug-likeness (QED) is 0.411. The van der Waals surface area contributed by atoms with Crippen molar-refractivity contribution < 1.29 is 18.1 Å². The number of halogens is 1. The normalized spacial score (nSPS) is 17.9. The van der Waals surface area contributed by atoms with Crippen LogP contribution in [-0.2, 0) is 31.6 Å². The van der Waals surface area contributed by atoms with E-state index in [1.54, 1.807) is 12.1 Å². The zero-order valence-corrected chi connectivity index (χ0v) is 19.6. The largest absolute Gasteiger partial charge is 0.310 e. The Morgan fingerprint density at radius 2 is 1.71 bits per heavy atom. The number of amides is 1. The van der Waals surface area contributed by atoms with Crippen molar-refractivity contribution >= 4 is 38.9 Å². The maximum atomic E-state index is 13.8. The van der Waals surface area contributed by atoms with Crippen molar-refractivity contribution in [1.29, 1.82) is 0 Å². The summed E-state index contributed by atoms with van der Waals surface area (Å²) >= 11 is 6.06. The van der Waals surface area contributed by atoms with Gasteiger partial charge in [-0.1, -0.05) is 36.6 Å². The zero-order chi connectivity index (χ0) is 24.1. The molecule has 0 radical (unpaired) electrons. The SMILES string of the molecule is O=C(Nc1c2c(nn1-c1ccc([N+](=O)[O-])cc1)CS(=O)(=O)C2)C1(c2ccc(Cl)cc2)CCCC1. The maximum Gasteiger partial charge on any atom is 0.269 e. The van der Waals surface area contributed by atoms with E-state index in [0.29, 0.717) is 34.8 Å². The summed E-state index contributed by atoms with van der Waals surface area (Å²) in [6.07, 6.45) is 3.10. The molecule has 11 heteroatoms. The van der Waals surface area contributed by atoms with E-state index in [1.807, 2.05) is 12.1 Å². The number of carbonyl (C=O) groups excluding carboxylic acids is 1. The van der Waals surface area contributed by atoms with Crippen LogP contribution in [0.3, 0.4) is 0 Å². The number of nitro groups is 1. The molecular weight excluding hydrogens is 480 g/mol. The highest BCUT2D eigenvalue weighted by Gasteiger charge is 2.44. The summed E-state index contributed by atoms with van der Waals surface area (Å²) in [5, 5.41) is 19.1. The van der Waals surface area contributed by atoms with E-state index in [2.05, 4.69) is 10.4 Å². The maximum absolute atomic E-state index is 13.8. The van der Waals surface area contributed by atoms with E-state index in [9.17, 15) is 23.3 Å². The molecule has 1 amide bonds. The minimum Gasteiger partial charge on any atom is -0.310 e. The van der Waals surface area contributed by atoms with Crippen LogP contribution in [0.4, 0.5) is 11.5 Å². The molecule has 0 saturated heterocycles. The molecule has 1 aliphatic carbocycles. The van der Waals surface area contributed by atoms with Crippen molar-refractivity contribution in [1.82, 2.24) is 9.78 Å². The molecule has 0 unspecified atom stereocenters. The lowest BCUT2D eigenvalue weighted by Gasteiger charge is -2.28. The Hall–Kier alpha value is -3.24. The first-order chi connectivity index (χ1) is 16.2. The molecule has 1 fully saturated rings. The molecule has 5 rings (SSSR count). The van der Waals surface area contributed by atoms with Crippen molar-refractivity contribution in [2.45, 2.75) is 42.6 Å². The second kappa shape index (κ2) is 8.21. The summed E-state index contributed by atoms with van der Waals surface area (Å²) in [5.41, 5.74) is 1.33. The van der Waals surface area contributed by atoms with Gasteiger partial charge in [-0.25, -0.2) is 13.1 Å². The number of sulfone groups is 1. The Morgan fingerprint density at radius 3 is 2.32 bits per heavy atom. The number of non-ortho nitro benzene ring substituents is 1. The number of nitrogens with zero attached hydrogens (tertiary/aromatic N) is 3. The highest BCUT2D eigenvalue weighted by Crippen LogP contribution is 2.43. The number of rotatable bonds is 5. The molecule has 2 aliphatic rings. The Balaban J connectivity index is 1.57. The number of aromatic nitrogens is 2. The van der Waals surface area contributed by atoms with Crippen LogP contribution in [0.2, 0.25) is 5.02 Å². The van der Waals surface area contributed by atoms with Gasteiger partial charge in [-0.3, -0.25) is 14.9 Å². The van der Waals surface area contributed by atoms with Gasteiger partial charge in [0.05, 0.1) is 33.2 Å². The fourth-order valence-corrected chi connectivity index (χ4v) is 6.51. The van der Waals surface area contributed by atoms with Crippen molar-refractivity contribution in [3.63, 3.8) is 0 Å². The molecule has 1 aliphatic heterocycles. The van der Waals surface area contributed by atoms with E-state index < -0.39 is 20.2 Å². The van der Waals surface area contributed by atoms with E-state index >= 15 is 0 Å². The molecule has 0 atom stereocenters. The molecule has 1 N–H and O–H groups in total. The predicted molar refractivity (Wildman–Crippen MR) is 127 cm³/mol. The summed E-state index contributed by atoms with van der Waals surface area (Å²) < 4.78 is 26.0. The van der Waals surface area contributed by atoms with Crippen LogP contribution in [0, 0.1) is 10.1 Å². The third-order valence-electron chi connectivity index (χ3n) is 6.61. The summed E-state index contributed by atoms with van der Waals surface area (Å²) in [5.74, 6) is -0.385. The minimum absolute atomic E-state index is 0.0794. The average Bonchev–Trinajstić information content (AvgIpc) is 3.49. The number of carbonyl (C=O) groups is 1. The number of hydrogen-bond acceptors (Lipinski definition) is 6. The molecule has 0 bridgehead atoms. The molecule has 0 spiro atoms. The van der Waals surface area contributed by atoms with Crippen LogP contribution < -0.4 is 5.32 Å². The number of nitrogens with one attached hydrogen (secondary N) is 1. The summed E-state index contributed by atoms with van der Waals surface area (Å²) in [7, 11) is -3.36. The van der Waals surface area contributed by atoms with Crippen LogP contribution in [0.15, 0.2) is 48.5 Å². The second-order valence-electron chi connectivity index (χ2n) is 8.74. The molecule has 176 valence electrons. The smallest absolute Gasteiger partial charge is 0.269 e. The minimum atomic E-state index is -3.36. The van der Waals surface area contributed by atoms with Gasteiger partial charge in [-0.15, -0.1) is 0 Å². The van der Waals surface area contributed by atoms with Gasteiger partial charge in [0.2, 0.25) is 5.91 Å². The topological polar surface area (TPSA) is 124 Å². The summed E-state index contributed by atoms with van der Waals surface area (Å²) in [4.78, 5) is 24.3. The van der Waals surface area contributed by atoms with Gasteiger partial charge in [0.25, 0.3) is 5.69 Å². The lowest BCUT2D eigenvalue weighted by Crippen LogP contribution is -2.38.